The van der Waals surface area contributed by atoms with E-state index in [2.05, 4.69) is 4.72 Å². The minimum atomic E-state index is -3.89. The molecule has 1 fully saturated rings. The third-order valence-electron chi connectivity index (χ3n) is 3.74. The first kappa shape index (κ1) is 15.9. The van der Waals surface area contributed by atoms with Crippen molar-refractivity contribution >= 4 is 15.7 Å². The van der Waals surface area contributed by atoms with E-state index in [0.717, 1.165) is 25.7 Å². The Labute approximate surface area is 123 Å². The lowest BCUT2D eigenvalue weighted by molar-refractivity contribution is -0.387. The number of hydrogen-bond acceptors (Lipinski definition) is 5. The highest BCUT2D eigenvalue weighted by Gasteiger charge is 2.27. The number of rotatable bonds is 5. The molecule has 0 spiro atoms. The van der Waals surface area contributed by atoms with Crippen LogP contribution in [0, 0.1) is 16.0 Å². The highest BCUT2D eigenvalue weighted by molar-refractivity contribution is 7.89. The molecule has 1 saturated carbocycles. The summed E-state index contributed by atoms with van der Waals surface area (Å²) in [5, 5.41) is 10.9. The van der Waals surface area contributed by atoms with Gasteiger partial charge in [0.2, 0.25) is 10.0 Å². The standard InChI is InChI=1S/C13H19N3O4S/c14-11-5-3-4-10(8-11)9-15-21(19,20)13-7-2-1-6-12(13)16(17)18/h1-2,6-7,10-11,15H,3-5,8-9,14H2. The van der Waals surface area contributed by atoms with Crippen LogP contribution in [0.5, 0.6) is 0 Å². The second-order valence-corrected chi connectivity index (χ2v) is 7.10. The molecule has 0 bridgehead atoms. The Bertz CT molecular complexity index is 618. The average Bonchev–Trinajstić information content (AvgIpc) is 2.45. The molecule has 1 aromatic rings. The molecule has 0 amide bonds. The van der Waals surface area contributed by atoms with E-state index in [9.17, 15) is 18.5 Å². The van der Waals surface area contributed by atoms with Gasteiger partial charge in [-0.3, -0.25) is 10.1 Å². The van der Waals surface area contributed by atoms with Gasteiger partial charge in [0.1, 0.15) is 0 Å². The molecule has 1 aliphatic rings. The molecular weight excluding hydrogens is 294 g/mol. The first-order valence-corrected chi connectivity index (χ1v) is 8.37. The Kier molecular flexibility index (Phi) is 4.92. The third-order valence-corrected chi connectivity index (χ3v) is 5.21. The fourth-order valence-electron chi connectivity index (χ4n) is 2.66. The Balaban J connectivity index is 2.10. The Morgan fingerprint density at radius 2 is 2.05 bits per heavy atom. The second kappa shape index (κ2) is 6.50. The molecule has 2 unspecified atom stereocenters. The molecule has 1 aliphatic carbocycles. The van der Waals surface area contributed by atoms with Crippen LogP contribution in [0.2, 0.25) is 0 Å². The van der Waals surface area contributed by atoms with Crippen molar-refractivity contribution in [1.29, 1.82) is 0 Å². The van der Waals surface area contributed by atoms with Crippen molar-refractivity contribution in [2.24, 2.45) is 11.7 Å². The normalized spacial score (nSPS) is 22.9. The van der Waals surface area contributed by atoms with Gasteiger partial charge in [-0.15, -0.1) is 0 Å². The van der Waals surface area contributed by atoms with Gasteiger partial charge in [0.05, 0.1) is 4.92 Å². The molecule has 1 aromatic carbocycles. The van der Waals surface area contributed by atoms with Gasteiger partial charge in [0, 0.05) is 18.7 Å². The number of nitro groups is 1. The van der Waals surface area contributed by atoms with Gasteiger partial charge >= 0.3 is 0 Å². The van der Waals surface area contributed by atoms with Crippen LogP contribution in [0.4, 0.5) is 5.69 Å². The van der Waals surface area contributed by atoms with Crippen molar-refractivity contribution in [2.45, 2.75) is 36.6 Å². The zero-order valence-corrected chi connectivity index (χ0v) is 12.4. The maximum atomic E-state index is 12.2. The number of benzene rings is 1. The lowest BCUT2D eigenvalue weighted by Crippen LogP contribution is -2.35. The number of hydrogen-bond donors (Lipinski definition) is 2. The molecule has 0 saturated heterocycles. The van der Waals surface area contributed by atoms with Gasteiger partial charge in [-0.25, -0.2) is 13.1 Å². The topological polar surface area (TPSA) is 115 Å². The smallest absolute Gasteiger partial charge is 0.289 e. The summed E-state index contributed by atoms with van der Waals surface area (Å²) in [7, 11) is -3.89. The van der Waals surface area contributed by atoms with Crippen molar-refractivity contribution in [1.82, 2.24) is 4.72 Å². The van der Waals surface area contributed by atoms with Gasteiger partial charge < -0.3 is 5.73 Å². The number of nitro benzene ring substituents is 1. The number of nitrogens with zero attached hydrogens (tertiary/aromatic N) is 1. The Hall–Kier alpha value is -1.51. The third kappa shape index (κ3) is 3.99. The Morgan fingerprint density at radius 1 is 1.33 bits per heavy atom. The van der Waals surface area contributed by atoms with Crippen LogP contribution in [0.1, 0.15) is 25.7 Å². The summed E-state index contributed by atoms with van der Waals surface area (Å²) >= 11 is 0. The van der Waals surface area contributed by atoms with Crippen LogP contribution in [0.3, 0.4) is 0 Å². The zero-order valence-electron chi connectivity index (χ0n) is 11.6. The fraction of sp³-hybridized carbons (Fsp3) is 0.538. The summed E-state index contributed by atoms with van der Waals surface area (Å²) in [6, 6.07) is 5.45. The van der Waals surface area contributed by atoms with E-state index >= 15 is 0 Å². The van der Waals surface area contributed by atoms with Crippen LogP contribution >= 0.6 is 0 Å². The van der Waals surface area contributed by atoms with E-state index in [0.29, 0.717) is 0 Å². The Morgan fingerprint density at radius 3 is 2.71 bits per heavy atom. The summed E-state index contributed by atoms with van der Waals surface area (Å²) in [5.74, 6) is 0.186. The van der Waals surface area contributed by atoms with Gasteiger partial charge in [0.15, 0.2) is 4.90 Å². The molecule has 116 valence electrons. The molecule has 0 aromatic heterocycles. The summed E-state index contributed by atoms with van der Waals surface area (Å²) in [6.45, 7) is 0.266. The van der Waals surface area contributed by atoms with Gasteiger partial charge in [-0.1, -0.05) is 18.6 Å². The zero-order chi connectivity index (χ0) is 15.5. The van der Waals surface area contributed by atoms with Crippen molar-refractivity contribution in [2.75, 3.05) is 6.54 Å². The van der Waals surface area contributed by atoms with Crippen molar-refractivity contribution in [3.63, 3.8) is 0 Å². The second-order valence-electron chi connectivity index (χ2n) is 5.37. The van der Waals surface area contributed by atoms with Gasteiger partial charge in [-0.2, -0.15) is 0 Å². The molecular formula is C13H19N3O4S. The SMILES string of the molecule is NC1CCCC(CNS(=O)(=O)c2ccccc2[N+](=O)[O-])C1. The predicted molar refractivity (Wildman–Crippen MR) is 78.2 cm³/mol. The summed E-state index contributed by atoms with van der Waals surface area (Å²) in [4.78, 5) is 9.93. The quantitative estimate of drug-likeness (QED) is 0.629. The van der Waals surface area contributed by atoms with Crippen LogP contribution in [-0.2, 0) is 10.0 Å². The van der Waals surface area contributed by atoms with Crippen LogP contribution in [0.25, 0.3) is 0 Å². The first-order valence-electron chi connectivity index (χ1n) is 6.89. The van der Waals surface area contributed by atoms with Crippen LogP contribution < -0.4 is 10.5 Å². The predicted octanol–water partition coefficient (Wildman–Crippen LogP) is 1.39. The summed E-state index contributed by atoms with van der Waals surface area (Å²) < 4.78 is 26.9. The van der Waals surface area contributed by atoms with E-state index in [-0.39, 0.29) is 23.4 Å². The fourth-order valence-corrected chi connectivity index (χ4v) is 3.94. The van der Waals surface area contributed by atoms with Gasteiger partial charge in [-0.05, 0) is 31.2 Å². The molecule has 21 heavy (non-hydrogen) atoms. The highest BCUT2D eigenvalue weighted by atomic mass is 32.2. The monoisotopic (exact) mass is 313 g/mol. The average molecular weight is 313 g/mol. The van der Waals surface area contributed by atoms with Crippen molar-refractivity contribution in [3.8, 4) is 0 Å². The molecule has 0 aliphatic heterocycles. The molecule has 2 rings (SSSR count). The molecule has 0 heterocycles. The lowest BCUT2D eigenvalue weighted by atomic mass is 9.86. The minimum absolute atomic E-state index is 0.110. The van der Waals surface area contributed by atoms with E-state index < -0.39 is 20.6 Å². The van der Waals surface area contributed by atoms with E-state index in [1.165, 1.54) is 24.3 Å². The largest absolute Gasteiger partial charge is 0.328 e. The van der Waals surface area contributed by atoms with Crippen LogP contribution in [0.15, 0.2) is 29.2 Å². The number of nitrogens with two attached hydrogens (primary N) is 1. The van der Waals surface area contributed by atoms with Crippen molar-refractivity contribution in [3.05, 3.63) is 34.4 Å². The van der Waals surface area contributed by atoms with Crippen LogP contribution in [-0.4, -0.2) is 25.9 Å². The molecule has 2 atom stereocenters. The lowest BCUT2D eigenvalue weighted by Gasteiger charge is -2.26. The highest BCUT2D eigenvalue weighted by Crippen LogP contribution is 2.25. The summed E-state index contributed by atoms with van der Waals surface area (Å²) in [5.41, 5.74) is 5.46. The van der Waals surface area contributed by atoms with E-state index in [1.54, 1.807) is 0 Å². The van der Waals surface area contributed by atoms with E-state index in [1.807, 2.05) is 0 Å². The summed E-state index contributed by atoms with van der Waals surface area (Å²) in [6.07, 6.45) is 3.65. The number of sulfonamides is 1. The molecule has 7 nitrogen and oxygen atoms in total. The van der Waals surface area contributed by atoms with E-state index in [4.69, 9.17) is 5.73 Å². The van der Waals surface area contributed by atoms with Gasteiger partial charge in [0.25, 0.3) is 5.69 Å². The maximum absolute atomic E-state index is 12.2. The number of para-hydroxylation sites is 1. The number of nitrogens with one attached hydrogen (secondary N) is 1. The van der Waals surface area contributed by atoms with Crippen molar-refractivity contribution < 1.29 is 13.3 Å². The first-order chi connectivity index (χ1) is 9.90. The molecule has 0 radical (unpaired) electrons. The molecule has 3 N–H and O–H groups in total. The maximum Gasteiger partial charge on any atom is 0.289 e. The minimum Gasteiger partial charge on any atom is -0.328 e. The molecule has 8 heteroatoms.